The molecule has 2 aromatic carbocycles. The number of halogens is 2. The van der Waals surface area contributed by atoms with Crippen molar-refractivity contribution in [2.45, 2.75) is 0 Å². The molecule has 23 heavy (non-hydrogen) atoms. The van der Waals surface area contributed by atoms with E-state index < -0.39 is 30.0 Å². The van der Waals surface area contributed by atoms with E-state index in [4.69, 9.17) is 4.74 Å². The monoisotopic (exact) mass is 332 g/mol. The van der Waals surface area contributed by atoms with Crippen molar-refractivity contribution < 1.29 is 23.1 Å². The van der Waals surface area contributed by atoms with Crippen molar-refractivity contribution >= 4 is 33.2 Å². The van der Waals surface area contributed by atoms with Crippen molar-refractivity contribution in [2.75, 3.05) is 6.61 Å². The molecular weight excluding hydrogens is 322 g/mol. The van der Waals surface area contributed by atoms with Gasteiger partial charge < -0.3 is 4.74 Å². The summed E-state index contributed by atoms with van der Waals surface area (Å²) in [6.07, 6.45) is 0. The Hall–Kier alpha value is -2.60. The molecule has 3 nitrogen and oxygen atoms in total. The molecular formula is C17H10F2O3S. The minimum absolute atomic E-state index is 0.219. The summed E-state index contributed by atoms with van der Waals surface area (Å²) in [6.45, 7) is -0.457. The van der Waals surface area contributed by atoms with E-state index in [1.807, 2.05) is 0 Å². The minimum Gasteiger partial charge on any atom is -0.453 e. The number of rotatable bonds is 4. The highest BCUT2D eigenvalue weighted by atomic mass is 32.1. The van der Waals surface area contributed by atoms with Crippen molar-refractivity contribution in [3.05, 3.63) is 70.6 Å². The second-order valence-corrected chi connectivity index (χ2v) is 5.85. The zero-order chi connectivity index (χ0) is 16.4. The predicted octanol–water partition coefficient (Wildman–Crippen LogP) is 4.22. The average Bonchev–Trinajstić information content (AvgIpc) is 2.99. The summed E-state index contributed by atoms with van der Waals surface area (Å²) in [7, 11) is 0. The molecule has 0 unspecified atom stereocenters. The molecule has 116 valence electrons. The number of carbonyl (C=O) groups is 2. The smallest absolute Gasteiger partial charge is 0.348 e. The van der Waals surface area contributed by atoms with Gasteiger partial charge in [0.2, 0.25) is 0 Å². The van der Waals surface area contributed by atoms with Gasteiger partial charge in [-0.3, -0.25) is 4.79 Å². The first-order valence-corrected chi connectivity index (χ1v) is 7.50. The summed E-state index contributed by atoms with van der Waals surface area (Å²) in [6, 6.07) is 10.9. The molecule has 0 aliphatic carbocycles. The van der Waals surface area contributed by atoms with Crippen LogP contribution >= 0.6 is 11.3 Å². The van der Waals surface area contributed by atoms with E-state index in [0.29, 0.717) is 10.1 Å². The van der Waals surface area contributed by atoms with E-state index in [9.17, 15) is 18.4 Å². The van der Waals surface area contributed by atoms with Gasteiger partial charge in [0, 0.05) is 15.6 Å². The highest BCUT2D eigenvalue weighted by Gasteiger charge is 2.16. The molecule has 1 aromatic heterocycles. The van der Waals surface area contributed by atoms with Crippen molar-refractivity contribution in [3.63, 3.8) is 0 Å². The van der Waals surface area contributed by atoms with E-state index in [0.717, 1.165) is 23.5 Å². The minimum atomic E-state index is -0.693. The Morgan fingerprint density at radius 3 is 2.48 bits per heavy atom. The SMILES string of the molecule is O=C(COC(=O)c1cc2c(F)cccc2s1)c1ccc(F)cc1. The largest absolute Gasteiger partial charge is 0.453 e. The summed E-state index contributed by atoms with van der Waals surface area (Å²) in [4.78, 5) is 24.1. The summed E-state index contributed by atoms with van der Waals surface area (Å²) in [5.41, 5.74) is 0.251. The summed E-state index contributed by atoms with van der Waals surface area (Å²) in [5.74, 6) is -2.00. The Balaban J connectivity index is 1.69. The molecule has 3 aromatic rings. The van der Waals surface area contributed by atoms with Gasteiger partial charge >= 0.3 is 5.97 Å². The van der Waals surface area contributed by atoms with Crippen molar-refractivity contribution in [1.82, 2.24) is 0 Å². The molecule has 0 radical (unpaired) electrons. The Morgan fingerprint density at radius 2 is 1.78 bits per heavy atom. The topological polar surface area (TPSA) is 43.4 Å². The third-order valence-electron chi connectivity index (χ3n) is 3.21. The fraction of sp³-hybridized carbons (Fsp3) is 0.0588. The van der Waals surface area contributed by atoms with Crippen molar-refractivity contribution in [2.24, 2.45) is 0 Å². The van der Waals surface area contributed by atoms with Crippen LogP contribution in [0.3, 0.4) is 0 Å². The standard InChI is InChI=1S/C17H10F2O3S/c18-11-6-4-10(5-7-11)14(20)9-22-17(21)16-8-12-13(19)2-1-3-15(12)23-16/h1-8H,9H2. The number of hydrogen-bond acceptors (Lipinski definition) is 4. The lowest BCUT2D eigenvalue weighted by molar-refractivity contribution is 0.0479. The number of benzene rings is 2. The van der Waals surface area contributed by atoms with Crippen LogP contribution in [0.15, 0.2) is 48.5 Å². The molecule has 0 aliphatic heterocycles. The summed E-state index contributed by atoms with van der Waals surface area (Å²) in [5, 5.41) is 0.342. The van der Waals surface area contributed by atoms with E-state index >= 15 is 0 Å². The predicted molar refractivity (Wildman–Crippen MR) is 82.8 cm³/mol. The van der Waals surface area contributed by atoms with Crippen LogP contribution in [0.1, 0.15) is 20.0 Å². The highest BCUT2D eigenvalue weighted by molar-refractivity contribution is 7.20. The summed E-state index contributed by atoms with van der Waals surface area (Å²) >= 11 is 1.09. The highest BCUT2D eigenvalue weighted by Crippen LogP contribution is 2.28. The number of fused-ring (bicyclic) bond motifs is 1. The Morgan fingerprint density at radius 1 is 1.04 bits per heavy atom. The number of ketones is 1. The van der Waals surface area contributed by atoms with Crippen LogP contribution in [0.5, 0.6) is 0 Å². The number of Topliss-reactive ketones (excluding diaryl/α,β-unsaturated/α-hetero) is 1. The van der Waals surface area contributed by atoms with Gasteiger partial charge in [0.05, 0.1) is 0 Å². The molecule has 0 amide bonds. The average molecular weight is 332 g/mol. The molecule has 1 heterocycles. The second kappa shape index (κ2) is 6.26. The number of ether oxygens (including phenoxy) is 1. The first-order chi connectivity index (χ1) is 11.0. The van der Waals surface area contributed by atoms with Crippen molar-refractivity contribution in [1.29, 1.82) is 0 Å². The molecule has 0 atom stereocenters. The number of esters is 1. The first-order valence-electron chi connectivity index (χ1n) is 6.68. The third-order valence-corrected chi connectivity index (χ3v) is 4.29. The van der Waals surface area contributed by atoms with Gasteiger partial charge in [0.1, 0.15) is 16.5 Å². The van der Waals surface area contributed by atoms with Gasteiger partial charge in [-0.15, -0.1) is 11.3 Å². The number of hydrogen-bond donors (Lipinski definition) is 0. The van der Waals surface area contributed by atoms with Crippen LogP contribution in [0.2, 0.25) is 0 Å². The maximum absolute atomic E-state index is 13.6. The van der Waals surface area contributed by atoms with Crippen LogP contribution in [-0.4, -0.2) is 18.4 Å². The van der Waals surface area contributed by atoms with Gasteiger partial charge in [-0.2, -0.15) is 0 Å². The van der Waals surface area contributed by atoms with Gasteiger partial charge in [0.15, 0.2) is 12.4 Å². The lowest BCUT2D eigenvalue weighted by Gasteiger charge is -2.02. The van der Waals surface area contributed by atoms with E-state index in [-0.39, 0.29) is 10.4 Å². The molecule has 0 N–H and O–H groups in total. The molecule has 0 saturated carbocycles. The molecule has 0 spiro atoms. The molecule has 3 rings (SSSR count). The molecule has 0 bridgehead atoms. The van der Waals surface area contributed by atoms with Crippen LogP contribution in [0, 0.1) is 11.6 Å². The second-order valence-electron chi connectivity index (χ2n) is 4.77. The van der Waals surface area contributed by atoms with E-state index in [1.165, 1.54) is 24.3 Å². The Labute approximate surface area is 134 Å². The third kappa shape index (κ3) is 3.27. The van der Waals surface area contributed by atoms with Crippen LogP contribution < -0.4 is 0 Å². The number of thiophene rings is 1. The summed E-state index contributed by atoms with van der Waals surface area (Å²) < 4.78 is 32.0. The van der Waals surface area contributed by atoms with Gasteiger partial charge in [0.25, 0.3) is 0 Å². The van der Waals surface area contributed by atoms with Crippen LogP contribution in [0.25, 0.3) is 10.1 Å². The first kappa shape index (κ1) is 15.3. The lowest BCUT2D eigenvalue weighted by Crippen LogP contribution is -2.13. The van der Waals surface area contributed by atoms with Gasteiger partial charge in [-0.1, -0.05) is 6.07 Å². The van der Waals surface area contributed by atoms with E-state index in [1.54, 1.807) is 12.1 Å². The maximum Gasteiger partial charge on any atom is 0.348 e. The molecule has 6 heteroatoms. The van der Waals surface area contributed by atoms with Crippen LogP contribution in [0.4, 0.5) is 8.78 Å². The number of carbonyl (C=O) groups excluding carboxylic acids is 2. The lowest BCUT2D eigenvalue weighted by atomic mass is 10.1. The normalized spacial score (nSPS) is 10.7. The van der Waals surface area contributed by atoms with Gasteiger partial charge in [-0.25, -0.2) is 13.6 Å². The fourth-order valence-electron chi connectivity index (χ4n) is 2.05. The fourth-order valence-corrected chi connectivity index (χ4v) is 3.02. The maximum atomic E-state index is 13.6. The van der Waals surface area contributed by atoms with Gasteiger partial charge in [-0.05, 0) is 42.5 Å². The zero-order valence-corrected chi connectivity index (χ0v) is 12.5. The Bertz CT molecular complexity index is 884. The quantitative estimate of drug-likeness (QED) is 0.531. The van der Waals surface area contributed by atoms with E-state index in [2.05, 4.69) is 0 Å². The van der Waals surface area contributed by atoms with Crippen molar-refractivity contribution in [3.8, 4) is 0 Å². The molecule has 0 fully saturated rings. The molecule has 0 saturated heterocycles. The Kier molecular flexibility index (Phi) is 4.16. The molecule has 0 aliphatic rings. The van der Waals surface area contributed by atoms with Crippen LogP contribution in [-0.2, 0) is 4.74 Å². The zero-order valence-electron chi connectivity index (χ0n) is 11.7.